The second-order valence-electron chi connectivity index (χ2n) is 8.39. The Morgan fingerprint density at radius 2 is 1.79 bits per heavy atom. The Morgan fingerprint density at radius 1 is 1.11 bits per heavy atom. The van der Waals surface area contributed by atoms with Gasteiger partial charge in [-0.1, -0.05) is 31.4 Å². The molecule has 0 aromatic heterocycles. The molecule has 0 radical (unpaired) electrons. The maximum Gasteiger partial charge on any atom is 0.416 e. The summed E-state index contributed by atoms with van der Waals surface area (Å²) >= 11 is 0. The van der Waals surface area contributed by atoms with Crippen LogP contribution in [0.1, 0.15) is 36.8 Å². The van der Waals surface area contributed by atoms with E-state index in [0.717, 1.165) is 17.7 Å². The lowest BCUT2D eigenvalue weighted by atomic mass is 10.0. The predicted molar refractivity (Wildman–Crippen MR) is 142 cm³/mol. The summed E-state index contributed by atoms with van der Waals surface area (Å²) in [4.78, 5) is 11.0. The number of hydrazone groups is 1. The van der Waals surface area contributed by atoms with E-state index in [9.17, 15) is 22.4 Å². The number of benzene rings is 2. The Morgan fingerprint density at radius 3 is 2.39 bits per heavy atom. The normalized spacial score (nSPS) is 12.1. The predicted octanol–water partition coefficient (Wildman–Crippen LogP) is 7.87. The van der Waals surface area contributed by atoms with E-state index in [4.69, 9.17) is 9.84 Å². The molecule has 2 rings (SSSR count). The zero-order valence-electron chi connectivity index (χ0n) is 20.9. The van der Waals surface area contributed by atoms with Gasteiger partial charge >= 0.3 is 12.1 Å². The molecule has 0 unspecified atom stereocenters. The van der Waals surface area contributed by atoms with E-state index >= 15 is 0 Å². The summed E-state index contributed by atoms with van der Waals surface area (Å²) < 4.78 is 58.6. The Labute approximate surface area is 219 Å². The number of allylic oxidation sites excluding steroid dienone is 4. The van der Waals surface area contributed by atoms with Crippen molar-refractivity contribution in [1.82, 2.24) is 0 Å². The van der Waals surface area contributed by atoms with Crippen molar-refractivity contribution in [2.75, 3.05) is 11.6 Å². The van der Waals surface area contributed by atoms with E-state index < -0.39 is 23.5 Å². The van der Waals surface area contributed by atoms with Crippen molar-refractivity contribution in [3.05, 3.63) is 108 Å². The van der Waals surface area contributed by atoms with E-state index in [1.807, 2.05) is 0 Å². The third-order valence-corrected chi connectivity index (χ3v) is 5.42. The first-order valence-electron chi connectivity index (χ1n) is 11.8. The molecule has 0 heterocycles. The monoisotopic (exact) mass is 530 g/mol. The number of rotatable bonds is 15. The number of carboxylic acids is 1. The van der Waals surface area contributed by atoms with Crippen LogP contribution in [0.25, 0.3) is 0 Å². The highest BCUT2D eigenvalue weighted by atomic mass is 19.4. The average Bonchev–Trinajstić information content (AvgIpc) is 2.87. The molecule has 0 spiro atoms. The molecular weight excluding hydrogens is 500 g/mol. The summed E-state index contributed by atoms with van der Waals surface area (Å²) in [5, 5.41) is 14.3. The van der Waals surface area contributed by atoms with Crippen molar-refractivity contribution < 1.29 is 32.2 Å². The molecule has 0 saturated carbocycles. The number of carboxylic acid groups (broad SMARTS) is 1. The van der Waals surface area contributed by atoms with Gasteiger partial charge in [0.05, 0.1) is 17.7 Å². The zero-order chi connectivity index (χ0) is 28.1. The number of anilines is 1. The number of unbranched alkanes of at least 4 members (excludes halogenated alkanes) is 1. The van der Waals surface area contributed by atoms with Crippen molar-refractivity contribution in [3.8, 4) is 5.75 Å². The lowest BCUT2D eigenvalue weighted by molar-refractivity contribution is -0.138. The highest BCUT2D eigenvalue weighted by molar-refractivity contribution is 5.70. The van der Waals surface area contributed by atoms with Crippen molar-refractivity contribution in [3.63, 3.8) is 0 Å². The average molecular weight is 531 g/mol. The molecule has 2 aromatic rings. The maximum atomic E-state index is 13.8. The van der Waals surface area contributed by atoms with Gasteiger partial charge in [-0.15, -0.1) is 0 Å². The summed E-state index contributed by atoms with van der Waals surface area (Å²) in [5.74, 6) is -0.926. The van der Waals surface area contributed by atoms with Gasteiger partial charge in [0.2, 0.25) is 0 Å². The van der Waals surface area contributed by atoms with Gasteiger partial charge in [-0.3, -0.25) is 4.79 Å². The second-order valence-corrected chi connectivity index (χ2v) is 8.39. The van der Waals surface area contributed by atoms with Gasteiger partial charge in [0.15, 0.2) is 0 Å². The third kappa shape index (κ3) is 10.1. The summed E-state index contributed by atoms with van der Waals surface area (Å²) in [5.41, 5.74) is 1.28. The lowest BCUT2D eigenvalue weighted by Gasteiger charge is -2.18. The van der Waals surface area contributed by atoms with Crippen molar-refractivity contribution >= 4 is 18.4 Å². The van der Waals surface area contributed by atoms with Crippen LogP contribution in [0.4, 0.5) is 23.2 Å². The van der Waals surface area contributed by atoms with E-state index in [0.29, 0.717) is 48.3 Å². The summed E-state index contributed by atoms with van der Waals surface area (Å²) in [6, 6.07) is 11.2. The van der Waals surface area contributed by atoms with Crippen molar-refractivity contribution in [2.45, 2.75) is 38.3 Å². The molecular formula is C29H30F4N2O3. The third-order valence-electron chi connectivity index (χ3n) is 5.42. The Kier molecular flexibility index (Phi) is 11.5. The number of halogens is 4. The smallest absolute Gasteiger partial charge is 0.416 e. The van der Waals surface area contributed by atoms with Gasteiger partial charge in [0, 0.05) is 12.9 Å². The molecule has 1 N–H and O–H groups in total. The molecule has 9 heteroatoms. The minimum atomic E-state index is -4.46. The number of hydrogen-bond acceptors (Lipinski definition) is 4. The molecule has 0 saturated heterocycles. The summed E-state index contributed by atoms with van der Waals surface area (Å²) in [6.07, 6.45) is 1.84. The largest absolute Gasteiger partial charge is 0.489 e. The van der Waals surface area contributed by atoms with Gasteiger partial charge < -0.3 is 9.84 Å². The van der Waals surface area contributed by atoms with E-state index in [-0.39, 0.29) is 13.0 Å². The van der Waals surface area contributed by atoms with Gasteiger partial charge in [-0.05, 0) is 84.9 Å². The van der Waals surface area contributed by atoms with Crippen LogP contribution in [0.5, 0.6) is 5.75 Å². The molecule has 202 valence electrons. The summed E-state index contributed by atoms with van der Waals surface area (Å²) in [6.45, 7) is 10.8. The Hall–Kier alpha value is -4.14. The number of alkyl halides is 3. The SMILES string of the molecule is C=C/C=C(/F)C(=C)CCCC/C(=C\N(N=C)c1ccc(C(F)(F)F)cc1)COc1cccc(CC(=O)O)c1. The number of ether oxygens (including phenoxy) is 1. The van der Waals surface area contributed by atoms with Crippen LogP contribution in [0.3, 0.4) is 0 Å². The lowest BCUT2D eigenvalue weighted by Crippen LogP contribution is -2.12. The molecule has 0 atom stereocenters. The first-order valence-corrected chi connectivity index (χ1v) is 11.8. The Bertz CT molecular complexity index is 1190. The van der Waals surface area contributed by atoms with Gasteiger partial charge in [-0.25, -0.2) is 9.40 Å². The van der Waals surface area contributed by atoms with Gasteiger partial charge in [-0.2, -0.15) is 18.3 Å². The van der Waals surface area contributed by atoms with E-state index in [2.05, 4.69) is 25.0 Å². The second kappa shape index (κ2) is 14.6. The quantitative estimate of drug-likeness (QED) is 0.0837. The molecule has 0 aliphatic rings. The fourth-order valence-electron chi connectivity index (χ4n) is 3.47. The topological polar surface area (TPSA) is 62.1 Å². The maximum absolute atomic E-state index is 13.8. The fraction of sp³-hybridized carbons (Fsp3) is 0.241. The van der Waals surface area contributed by atoms with E-state index in [1.165, 1.54) is 29.3 Å². The molecule has 5 nitrogen and oxygen atoms in total. The van der Waals surface area contributed by atoms with Crippen molar-refractivity contribution in [2.24, 2.45) is 5.10 Å². The van der Waals surface area contributed by atoms with Crippen molar-refractivity contribution in [1.29, 1.82) is 0 Å². The molecule has 0 amide bonds. The van der Waals surface area contributed by atoms with Gasteiger partial charge in [0.25, 0.3) is 0 Å². The minimum Gasteiger partial charge on any atom is -0.489 e. The number of aliphatic carboxylic acids is 1. The minimum absolute atomic E-state index is 0.106. The Balaban J connectivity index is 2.19. The highest BCUT2D eigenvalue weighted by Gasteiger charge is 2.30. The fourth-order valence-corrected chi connectivity index (χ4v) is 3.47. The molecule has 0 aliphatic heterocycles. The number of hydrogen-bond donors (Lipinski definition) is 1. The molecule has 38 heavy (non-hydrogen) atoms. The highest BCUT2D eigenvalue weighted by Crippen LogP contribution is 2.31. The number of carbonyl (C=O) groups is 1. The van der Waals surface area contributed by atoms with Crippen LogP contribution in [0, 0.1) is 0 Å². The zero-order valence-corrected chi connectivity index (χ0v) is 20.9. The molecule has 2 aromatic carbocycles. The van der Waals surface area contributed by atoms with Crippen LogP contribution < -0.4 is 9.75 Å². The van der Waals surface area contributed by atoms with Crippen LogP contribution in [0.2, 0.25) is 0 Å². The van der Waals surface area contributed by atoms with E-state index in [1.54, 1.807) is 30.5 Å². The first-order chi connectivity index (χ1) is 18.0. The van der Waals surface area contributed by atoms with Crippen LogP contribution >= 0.6 is 0 Å². The molecule has 0 aliphatic carbocycles. The summed E-state index contributed by atoms with van der Waals surface area (Å²) in [7, 11) is 0. The molecule has 0 bridgehead atoms. The molecule has 0 fully saturated rings. The first kappa shape index (κ1) is 30.1. The van der Waals surface area contributed by atoms with Crippen LogP contribution in [-0.4, -0.2) is 24.4 Å². The van der Waals surface area contributed by atoms with Gasteiger partial charge in [0.1, 0.15) is 18.2 Å². The van der Waals surface area contributed by atoms with Crippen LogP contribution in [-0.2, 0) is 17.4 Å². The standard InChI is InChI=1S/C29H30F4N2O3/c1-4-8-27(30)21(2)9-5-6-10-23(20-38-26-12-7-11-22(17-26)18-28(36)37)19-35(34-3)25-15-13-24(14-16-25)29(31,32)33/h4,7-8,11-17,19H,1-3,5-6,9-10,18,20H2,(H,36,37)/b23-19+,27-8+. The van der Waals surface area contributed by atoms with Crippen LogP contribution in [0.15, 0.2) is 102 Å². The number of nitrogens with zero attached hydrogens (tertiary/aromatic N) is 2.